The zero-order valence-corrected chi connectivity index (χ0v) is 7.75. The van der Waals surface area contributed by atoms with Crippen molar-refractivity contribution in [2.24, 2.45) is 0 Å². The van der Waals surface area contributed by atoms with Crippen LogP contribution in [0, 0.1) is 0 Å². The maximum absolute atomic E-state index is 11.3. The first-order valence-electron chi connectivity index (χ1n) is 5.02. The van der Waals surface area contributed by atoms with Crippen molar-refractivity contribution in [3.8, 4) is 0 Å². The molecular formula is C10H16N2O. The van der Waals surface area contributed by atoms with Gasteiger partial charge in [0, 0.05) is 12.1 Å². The van der Waals surface area contributed by atoms with E-state index in [0.717, 1.165) is 25.7 Å². The molecule has 0 spiro atoms. The van der Waals surface area contributed by atoms with Gasteiger partial charge in [-0.2, -0.15) is 0 Å². The smallest absolute Gasteiger partial charge is 0.234 e. The first-order chi connectivity index (χ1) is 6.34. The molecule has 0 unspecified atom stereocenters. The fourth-order valence-electron chi connectivity index (χ4n) is 1.53. The average molecular weight is 180 g/mol. The SMILES string of the molecule is O=C(CNC1CC=CC1)NC1CC1. The summed E-state index contributed by atoms with van der Waals surface area (Å²) in [5.41, 5.74) is 0. The summed E-state index contributed by atoms with van der Waals surface area (Å²) in [7, 11) is 0. The molecule has 3 nitrogen and oxygen atoms in total. The van der Waals surface area contributed by atoms with Crippen molar-refractivity contribution in [2.75, 3.05) is 6.54 Å². The van der Waals surface area contributed by atoms with Crippen molar-refractivity contribution in [1.82, 2.24) is 10.6 Å². The van der Waals surface area contributed by atoms with Crippen LogP contribution in [0.1, 0.15) is 25.7 Å². The van der Waals surface area contributed by atoms with Crippen LogP contribution in [0.15, 0.2) is 12.2 Å². The van der Waals surface area contributed by atoms with Crippen molar-refractivity contribution < 1.29 is 4.79 Å². The van der Waals surface area contributed by atoms with Gasteiger partial charge in [-0.3, -0.25) is 4.79 Å². The van der Waals surface area contributed by atoms with E-state index >= 15 is 0 Å². The van der Waals surface area contributed by atoms with Gasteiger partial charge in [-0.25, -0.2) is 0 Å². The number of carbonyl (C=O) groups excluding carboxylic acids is 1. The Morgan fingerprint density at radius 3 is 2.54 bits per heavy atom. The first-order valence-corrected chi connectivity index (χ1v) is 5.02. The third-order valence-corrected chi connectivity index (χ3v) is 2.50. The third-order valence-electron chi connectivity index (χ3n) is 2.50. The maximum atomic E-state index is 11.3. The monoisotopic (exact) mass is 180 g/mol. The predicted molar refractivity (Wildman–Crippen MR) is 51.3 cm³/mol. The summed E-state index contributed by atoms with van der Waals surface area (Å²) in [5, 5.41) is 6.20. The molecule has 3 heteroatoms. The molecule has 0 aromatic heterocycles. The third kappa shape index (κ3) is 2.84. The number of rotatable bonds is 4. The summed E-state index contributed by atoms with van der Waals surface area (Å²) in [6.45, 7) is 0.475. The van der Waals surface area contributed by atoms with E-state index in [1.54, 1.807) is 0 Å². The van der Waals surface area contributed by atoms with E-state index in [9.17, 15) is 4.79 Å². The Labute approximate surface area is 78.6 Å². The lowest BCUT2D eigenvalue weighted by Gasteiger charge is -2.11. The molecule has 0 atom stereocenters. The average Bonchev–Trinajstić information content (AvgIpc) is 2.78. The zero-order chi connectivity index (χ0) is 9.10. The number of hydrogen-bond acceptors (Lipinski definition) is 2. The number of amides is 1. The van der Waals surface area contributed by atoms with Crippen LogP contribution in [-0.4, -0.2) is 24.5 Å². The number of carbonyl (C=O) groups is 1. The molecule has 0 aliphatic heterocycles. The van der Waals surface area contributed by atoms with E-state index in [1.165, 1.54) is 0 Å². The minimum absolute atomic E-state index is 0.148. The standard InChI is InChI=1S/C10H16N2O/c13-10(12-9-5-6-9)7-11-8-3-1-2-4-8/h1-2,8-9,11H,3-7H2,(H,12,13). The van der Waals surface area contributed by atoms with E-state index in [0.29, 0.717) is 18.6 Å². The Kier molecular flexibility index (Phi) is 2.64. The van der Waals surface area contributed by atoms with Gasteiger partial charge in [-0.1, -0.05) is 12.2 Å². The quantitative estimate of drug-likeness (QED) is 0.621. The van der Waals surface area contributed by atoms with Crippen LogP contribution in [0.3, 0.4) is 0 Å². The largest absolute Gasteiger partial charge is 0.352 e. The summed E-state index contributed by atoms with van der Waals surface area (Å²) >= 11 is 0. The molecule has 0 aromatic rings. The molecule has 2 aliphatic rings. The van der Waals surface area contributed by atoms with Crippen LogP contribution in [-0.2, 0) is 4.79 Å². The molecule has 0 aromatic carbocycles. The van der Waals surface area contributed by atoms with Gasteiger partial charge < -0.3 is 10.6 Å². The highest BCUT2D eigenvalue weighted by atomic mass is 16.2. The normalized spacial score (nSPS) is 22.2. The molecule has 2 rings (SSSR count). The van der Waals surface area contributed by atoms with Crippen molar-refractivity contribution >= 4 is 5.91 Å². The Hall–Kier alpha value is -0.830. The van der Waals surface area contributed by atoms with Gasteiger partial charge in [0.25, 0.3) is 0 Å². The van der Waals surface area contributed by atoms with E-state index in [-0.39, 0.29) is 5.91 Å². The lowest BCUT2D eigenvalue weighted by Crippen LogP contribution is -2.39. The minimum atomic E-state index is 0.148. The molecule has 1 saturated carbocycles. The van der Waals surface area contributed by atoms with Crippen molar-refractivity contribution in [1.29, 1.82) is 0 Å². The molecule has 72 valence electrons. The second-order valence-corrected chi connectivity index (χ2v) is 3.86. The lowest BCUT2D eigenvalue weighted by atomic mass is 10.2. The molecule has 2 N–H and O–H groups in total. The highest BCUT2D eigenvalue weighted by molar-refractivity contribution is 5.78. The van der Waals surface area contributed by atoms with Gasteiger partial charge in [-0.15, -0.1) is 0 Å². The number of nitrogens with one attached hydrogen (secondary N) is 2. The molecule has 1 fully saturated rings. The van der Waals surface area contributed by atoms with Gasteiger partial charge in [-0.05, 0) is 25.7 Å². The van der Waals surface area contributed by atoms with Gasteiger partial charge in [0.15, 0.2) is 0 Å². The van der Waals surface area contributed by atoms with Crippen LogP contribution in [0.5, 0.6) is 0 Å². The summed E-state index contributed by atoms with van der Waals surface area (Å²) < 4.78 is 0. The van der Waals surface area contributed by atoms with Crippen LogP contribution < -0.4 is 10.6 Å². The summed E-state index contributed by atoms with van der Waals surface area (Å²) in [6, 6.07) is 0.973. The van der Waals surface area contributed by atoms with E-state index in [2.05, 4.69) is 22.8 Å². The molecule has 0 bridgehead atoms. The van der Waals surface area contributed by atoms with Crippen LogP contribution in [0.25, 0.3) is 0 Å². The van der Waals surface area contributed by atoms with Crippen molar-refractivity contribution in [3.05, 3.63) is 12.2 Å². The Balaban J connectivity index is 1.58. The van der Waals surface area contributed by atoms with Crippen LogP contribution in [0.4, 0.5) is 0 Å². The highest BCUT2D eigenvalue weighted by Crippen LogP contribution is 2.18. The summed E-state index contributed by atoms with van der Waals surface area (Å²) in [6.07, 6.45) is 8.79. The van der Waals surface area contributed by atoms with Gasteiger partial charge in [0.2, 0.25) is 5.91 Å². The maximum Gasteiger partial charge on any atom is 0.234 e. The second kappa shape index (κ2) is 3.92. The Morgan fingerprint density at radius 1 is 1.23 bits per heavy atom. The molecule has 0 radical (unpaired) electrons. The van der Waals surface area contributed by atoms with Gasteiger partial charge >= 0.3 is 0 Å². The van der Waals surface area contributed by atoms with Crippen molar-refractivity contribution in [2.45, 2.75) is 37.8 Å². The topological polar surface area (TPSA) is 41.1 Å². The number of hydrogen-bond donors (Lipinski definition) is 2. The van der Waals surface area contributed by atoms with E-state index in [4.69, 9.17) is 0 Å². The molecule has 0 heterocycles. The van der Waals surface area contributed by atoms with E-state index < -0.39 is 0 Å². The molecule has 13 heavy (non-hydrogen) atoms. The Morgan fingerprint density at radius 2 is 1.92 bits per heavy atom. The summed E-state index contributed by atoms with van der Waals surface area (Å²) in [5.74, 6) is 0.148. The van der Waals surface area contributed by atoms with Crippen LogP contribution >= 0.6 is 0 Å². The van der Waals surface area contributed by atoms with Gasteiger partial charge in [0.05, 0.1) is 6.54 Å². The van der Waals surface area contributed by atoms with Gasteiger partial charge in [0.1, 0.15) is 0 Å². The molecule has 2 aliphatic carbocycles. The molecule has 0 saturated heterocycles. The lowest BCUT2D eigenvalue weighted by molar-refractivity contribution is -0.120. The minimum Gasteiger partial charge on any atom is -0.352 e. The fourth-order valence-corrected chi connectivity index (χ4v) is 1.53. The molecular weight excluding hydrogens is 164 g/mol. The first kappa shape index (κ1) is 8.75. The highest BCUT2D eigenvalue weighted by Gasteiger charge is 2.23. The van der Waals surface area contributed by atoms with E-state index in [1.807, 2.05) is 0 Å². The Bertz CT molecular complexity index is 213. The summed E-state index contributed by atoms with van der Waals surface area (Å²) in [4.78, 5) is 11.3. The van der Waals surface area contributed by atoms with Crippen LogP contribution in [0.2, 0.25) is 0 Å². The zero-order valence-electron chi connectivity index (χ0n) is 7.75. The van der Waals surface area contributed by atoms with Crippen molar-refractivity contribution in [3.63, 3.8) is 0 Å². The second-order valence-electron chi connectivity index (χ2n) is 3.86. The molecule has 1 amide bonds. The predicted octanol–water partition coefficient (Wildman–Crippen LogP) is 0.573. The fraction of sp³-hybridized carbons (Fsp3) is 0.700.